The molecule has 0 atom stereocenters. The molecule has 0 amide bonds. The minimum atomic E-state index is -0.374. The number of carbonyl (C=O) groups is 1. The number of carbonyl (C=O) groups excluding carboxylic acids is 1. The first kappa shape index (κ1) is 13.8. The molecule has 5 nitrogen and oxygen atoms in total. The largest absolute Gasteiger partial charge is 0.468 e. The highest BCUT2D eigenvalue weighted by Crippen LogP contribution is 2.21. The lowest BCUT2D eigenvalue weighted by molar-refractivity contribution is -0.138. The van der Waals surface area contributed by atoms with Gasteiger partial charge in [-0.25, -0.2) is 9.67 Å². The van der Waals surface area contributed by atoms with Crippen molar-refractivity contribution in [3.8, 4) is 10.6 Å². The average molecular weight is 298 g/mol. The third-order valence-corrected chi connectivity index (χ3v) is 3.71. The molecule has 0 aliphatic rings. The zero-order valence-electron chi connectivity index (χ0n) is 10.5. The van der Waals surface area contributed by atoms with Gasteiger partial charge in [0, 0.05) is 17.6 Å². The van der Waals surface area contributed by atoms with Crippen LogP contribution in [0.5, 0.6) is 0 Å². The number of aryl methyl sites for hydroxylation is 1. The first-order chi connectivity index (χ1) is 9.10. The van der Waals surface area contributed by atoms with Crippen molar-refractivity contribution >= 4 is 28.9 Å². The Morgan fingerprint density at radius 2 is 2.16 bits per heavy atom. The van der Waals surface area contributed by atoms with Crippen molar-refractivity contribution < 1.29 is 9.53 Å². The second-order valence-corrected chi connectivity index (χ2v) is 5.11. The SMILES string of the molecule is COC(=O)CN=c1sc(-c2ccc(Cl)cc2)nn1C. The zero-order valence-corrected chi connectivity index (χ0v) is 12.0. The average Bonchev–Trinajstić information content (AvgIpc) is 2.78. The fourth-order valence-electron chi connectivity index (χ4n) is 1.39. The van der Waals surface area contributed by atoms with E-state index in [0.717, 1.165) is 10.6 Å². The van der Waals surface area contributed by atoms with E-state index in [1.54, 1.807) is 11.7 Å². The van der Waals surface area contributed by atoms with E-state index >= 15 is 0 Å². The number of benzene rings is 1. The maximum Gasteiger partial charge on any atom is 0.327 e. The third kappa shape index (κ3) is 3.42. The van der Waals surface area contributed by atoms with Gasteiger partial charge in [-0.1, -0.05) is 35.1 Å². The lowest BCUT2D eigenvalue weighted by Crippen LogP contribution is -2.15. The quantitative estimate of drug-likeness (QED) is 0.813. The Kier molecular flexibility index (Phi) is 4.34. The van der Waals surface area contributed by atoms with Crippen LogP contribution in [0.2, 0.25) is 5.02 Å². The summed E-state index contributed by atoms with van der Waals surface area (Å²) in [5.41, 5.74) is 0.963. The van der Waals surface area contributed by atoms with E-state index in [9.17, 15) is 4.79 Å². The molecule has 0 radical (unpaired) electrons. The molecule has 0 saturated carbocycles. The van der Waals surface area contributed by atoms with Crippen LogP contribution in [0.3, 0.4) is 0 Å². The number of hydrogen-bond acceptors (Lipinski definition) is 5. The Hall–Kier alpha value is -1.66. The summed E-state index contributed by atoms with van der Waals surface area (Å²) in [4.78, 5) is 15.9. The van der Waals surface area contributed by atoms with Gasteiger partial charge in [-0.05, 0) is 12.1 Å². The molecule has 0 bridgehead atoms. The smallest absolute Gasteiger partial charge is 0.327 e. The standard InChI is InChI=1S/C12H12ClN3O2S/c1-16-12(14-7-10(17)18-2)19-11(15-16)8-3-5-9(13)6-4-8/h3-6H,7H2,1-2H3. The number of ether oxygens (including phenoxy) is 1. The molecule has 7 heteroatoms. The molecule has 2 aromatic rings. The van der Waals surface area contributed by atoms with Crippen molar-refractivity contribution in [1.82, 2.24) is 9.78 Å². The van der Waals surface area contributed by atoms with Crippen LogP contribution in [-0.2, 0) is 16.6 Å². The van der Waals surface area contributed by atoms with Crippen molar-refractivity contribution in [3.05, 3.63) is 34.1 Å². The van der Waals surface area contributed by atoms with E-state index in [1.807, 2.05) is 24.3 Å². The van der Waals surface area contributed by atoms with Crippen LogP contribution in [0.25, 0.3) is 10.6 Å². The Labute approximate surface area is 119 Å². The van der Waals surface area contributed by atoms with Crippen LogP contribution < -0.4 is 4.80 Å². The molecule has 19 heavy (non-hydrogen) atoms. The number of rotatable bonds is 3. The molecule has 0 saturated heterocycles. The molecule has 0 N–H and O–H groups in total. The number of hydrogen-bond donors (Lipinski definition) is 0. The predicted molar refractivity (Wildman–Crippen MR) is 74.0 cm³/mol. The van der Waals surface area contributed by atoms with Gasteiger partial charge in [0.25, 0.3) is 0 Å². The van der Waals surface area contributed by atoms with Gasteiger partial charge in [0.05, 0.1) is 7.11 Å². The van der Waals surface area contributed by atoms with Crippen molar-refractivity contribution in [2.24, 2.45) is 12.0 Å². The summed E-state index contributed by atoms with van der Waals surface area (Å²) in [5, 5.41) is 5.86. The molecular formula is C12H12ClN3O2S. The van der Waals surface area contributed by atoms with Gasteiger partial charge in [0.15, 0.2) is 0 Å². The Morgan fingerprint density at radius 3 is 2.79 bits per heavy atom. The lowest BCUT2D eigenvalue weighted by atomic mass is 10.2. The number of aromatic nitrogens is 2. The molecule has 1 aromatic heterocycles. The van der Waals surface area contributed by atoms with Crippen LogP contribution in [0.1, 0.15) is 0 Å². The monoisotopic (exact) mass is 297 g/mol. The van der Waals surface area contributed by atoms with Crippen molar-refractivity contribution in [1.29, 1.82) is 0 Å². The molecular weight excluding hydrogens is 286 g/mol. The molecule has 0 fully saturated rings. The van der Waals surface area contributed by atoms with Crippen LogP contribution in [0.15, 0.2) is 29.3 Å². The summed E-state index contributed by atoms with van der Waals surface area (Å²) in [6.07, 6.45) is 0. The first-order valence-electron chi connectivity index (χ1n) is 5.47. The Bertz CT molecular complexity index is 646. The van der Waals surface area contributed by atoms with E-state index in [2.05, 4.69) is 14.8 Å². The van der Waals surface area contributed by atoms with E-state index in [0.29, 0.717) is 9.82 Å². The summed E-state index contributed by atoms with van der Waals surface area (Å²) in [6, 6.07) is 7.41. The fraction of sp³-hybridized carbons (Fsp3) is 0.250. The molecule has 2 rings (SSSR count). The summed E-state index contributed by atoms with van der Waals surface area (Å²) < 4.78 is 6.18. The predicted octanol–water partition coefficient (Wildman–Crippen LogP) is 1.88. The van der Waals surface area contributed by atoms with E-state index in [-0.39, 0.29) is 12.5 Å². The van der Waals surface area contributed by atoms with Crippen molar-refractivity contribution in [2.45, 2.75) is 0 Å². The van der Waals surface area contributed by atoms with E-state index in [4.69, 9.17) is 11.6 Å². The van der Waals surface area contributed by atoms with Crippen LogP contribution in [-0.4, -0.2) is 29.4 Å². The van der Waals surface area contributed by atoms with Gasteiger partial charge in [-0.3, -0.25) is 4.79 Å². The number of nitrogens with zero attached hydrogens (tertiary/aromatic N) is 3. The summed E-state index contributed by atoms with van der Waals surface area (Å²) >= 11 is 7.25. The van der Waals surface area contributed by atoms with Crippen LogP contribution in [0, 0.1) is 0 Å². The van der Waals surface area contributed by atoms with Gasteiger partial charge in [0.2, 0.25) is 4.80 Å². The van der Waals surface area contributed by atoms with Gasteiger partial charge < -0.3 is 4.74 Å². The van der Waals surface area contributed by atoms with Crippen molar-refractivity contribution in [2.75, 3.05) is 13.7 Å². The summed E-state index contributed by atoms with van der Waals surface area (Å²) in [7, 11) is 3.12. The highest BCUT2D eigenvalue weighted by molar-refractivity contribution is 7.12. The Balaban J connectivity index is 2.30. The highest BCUT2D eigenvalue weighted by atomic mass is 35.5. The zero-order chi connectivity index (χ0) is 13.8. The second kappa shape index (κ2) is 5.99. The maximum absolute atomic E-state index is 11.1. The maximum atomic E-state index is 11.1. The third-order valence-electron chi connectivity index (χ3n) is 2.37. The molecule has 0 spiro atoms. The van der Waals surface area contributed by atoms with Gasteiger partial charge in [0.1, 0.15) is 11.6 Å². The van der Waals surface area contributed by atoms with Crippen LogP contribution >= 0.6 is 22.9 Å². The first-order valence-corrected chi connectivity index (χ1v) is 6.67. The molecule has 100 valence electrons. The second-order valence-electron chi connectivity index (χ2n) is 3.71. The van der Waals surface area contributed by atoms with Gasteiger partial charge in [-0.2, -0.15) is 5.10 Å². The van der Waals surface area contributed by atoms with Gasteiger partial charge in [-0.15, -0.1) is 0 Å². The summed E-state index contributed by atoms with van der Waals surface area (Å²) in [6.45, 7) is -0.00735. The summed E-state index contributed by atoms with van der Waals surface area (Å²) in [5.74, 6) is -0.374. The molecule has 1 heterocycles. The molecule has 0 unspecified atom stereocenters. The topological polar surface area (TPSA) is 56.5 Å². The lowest BCUT2D eigenvalue weighted by Gasteiger charge is -1.94. The molecule has 1 aromatic carbocycles. The fourth-order valence-corrected chi connectivity index (χ4v) is 2.41. The minimum Gasteiger partial charge on any atom is -0.468 e. The van der Waals surface area contributed by atoms with E-state index in [1.165, 1.54) is 18.4 Å². The van der Waals surface area contributed by atoms with Crippen molar-refractivity contribution in [3.63, 3.8) is 0 Å². The minimum absolute atomic E-state index is 0.00735. The number of halogens is 1. The van der Waals surface area contributed by atoms with Gasteiger partial charge >= 0.3 is 5.97 Å². The highest BCUT2D eigenvalue weighted by Gasteiger charge is 2.05. The molecule has 0 aliphatic carbocycles. The normalized spacial score (nSPS) is 11.6. The van der Waals surface area contributed by atoms with Crippen LogP contribution in [0.4, 0.5) is 0 Å². The van der Waals surface area contributed by atoms with E-state index < -0.39 is 0 Å². The number of methoxy groups -OCH3 is 1. The Morgan fingerprint density at radius 1 is 1.47 bits per heavy atom. The molecule has 0 aliphatic heterocycles. The number of esters is 1.